The Morgan fingerprint density at radius 3 is 2.41 bits per heavy atom. The van der Waals surface area contributed by atoms with Crippen molar-refractivity contribution in [3.8, 4) is 0 Å². The monoisotopic (exact) mass is 365 g/mol. The molecule has 1 aliphatic rings. The zero-order chi connectivity index (χ0) is 19.0. The molecule has 138 valence electrons. The van der Waals surface area contributed by atoms with Crippen LogP contribution in [0.15, 0.2) is 59.5 Å². The lowest BCUT2D eigenvalue weighted by Crippen LogP contribution is -2.49. The van der Waals surface area contributed by atoms with Crippen LogP contribution in [0, 0.1) is 5.82 Å². The van der Waals surface area contributed by atoms with Gasteiger partial charge in [0.15, 0.2) is 0 Å². The van der Waals surface area contributed by atoms with Crippen LogP contribution in [-0.2, 0) is 7.05 Å². The Bertz CT molecular complexity index is 1050. The number of para-hydroxylation sites is 1. The van der Waals surface area contributed by atoms with Gasteiger partial charge in [-0.15, -0.1) is 0 Å². The van der Waals surface area contributed by atoms with E-state index in [0.29, 0.717) is 31.7 Å². The van der Waals surface area contributed by atoms with Gasteiger partial charge in [-0.25, -0.2) is 4.39 Å². The number of amides is 1. The minimum Gasteiger partial charge on any atom is -0.368 e. The van der Waals surface area contributed by atoms with Gasteiger partial charge in [-0.3, -0.25) is 9.59 Å². The van der Waals surface area contributed by atoms with Crippen LogP contribution in [0.5, 0.6) is 0 Å². The van der Waals surface area contributed by atoms with Crippen molar-refractivity contribution < 1.29 is 9.18 Å². The lowest BCUT2D eigenvalue weighted by atomic mass is 10.1. The van der Waals surface area contributed by atoms with Crippen LogP contribution in [0.3, 0.4) is 0 Å². The first-order chi connectivity index (χ1) is 13.0. The van der Waals surface area contributed by atoms with Gasteiger partial charge in [-0.2, -0.15) is 0 Å². The summed E-state index contributed by atoms with van der Waals surface area (Å²) < 4.78 is 15.3. The second kappa shape index (κ2) is 6.87. The molecule has 3 aromatic rings. The lowest BCUT2D eigenvalue weighted by molar-refractivity contribution is 0.0745. The lowest BCUT2D eigenvalue weighted by Gasteiger charge is -2.36. The SMILES string of the molecule is Cn1cc(C(=O)N2CCN(c3ccccc3)CC2)c(=O)c2cc(F)ccc21. The van der Waals surface area contributed by atoms with Gasteiger partial charge >= 0.3 is 0 Å². The van der Waals surface area contributed by atoms with E-state index in [1.54, 1.807) is 28.8 Å². The molecule has 0 unspecified atom stereocenters. The number of fused-ring (bicyclic) bond motifs is 1. The Kier molecular flexibility index (Phi) is 4.39. The van der Waals surface area contributed by atoms with Crippen LogP contribution in [0.1, 0.15) is 10.4 Å². The van der Waals surface area contributed by atoms with Crippen LogP contribution in [0.4, 0.5) is 10.1 Å². The summed E-state index contributed by atoms with van der Waals surface area (Å²) in [5, 5.41) is 0.228. The number of piperazine rings is 1. The Morgan fingerprint density at radius 1 is 1.00 bits per heavy atom. The third-order valence-electron chi connectivity index (χ3n) is 5.07. The van der Waals surface area contributed by atoms with Crippen molar-refractivity contribution >= 4 is 22.5 Å². The summed E-state index contributed by atoms with van der Waals surface area (Å²) in [6.45, 7) is 2.49. The number of pyridine rings is 1. The van der Waals surface area contributed by atoms with Crippen molar-refractivity contribution in [2.45, 2.75) is 0 Å². The maximum Gasteiger partial charge on any atom is 0.259 e. The molecule has 4 rings (SSSR count). The predicted molar refractivity (Wildman–Crippen MR) is 104 cm³/mol. The number of anilines is 1. The summed E-state index contributed by atoms with van der Waals surface area (Å²) in [6, 6.07) is 14.1. The Balaban J connectivity index is 1.59. The average molecular weight is 365 g/mol. The molecule has 0 bridgehead atoms. The van der Waals surface area contributed by atoms with Gasteiger partial charge in [0.1, 0.15) is 11.4 Å². The molecular weight excluding hydrogens is 345 g/mol. The van der Waals surface area contributed by atoms with Crippen molar-refractivity contribution in [1.82, 2.24) is 9.47 Å². The van der Waals surface area contributed by atoms with E-state index in [-0.39, 0.29) is 16.9 Å². The first-order valence-corrected chi connectivity index (χ1v) is 8.93. The van der Waals surface area contributed by atoms with E-state index in [0.717, 1.165) is 5.69 Å². The highest BCUT2D eigenvalue weighted by molar-refractivity contribution is 5.97. The molecule has 6 heteroatoms. The number of carbonyl (C=O) groups is 1. The van der Waals surface area contributed by atoms with E-state index in [1.165, 1.54) is 12.1 Å². The quantitative estimate of drug-likeness (QED) is 0.701. The molecule has 27 heavy (non-hydrogen) atoms. The maximum atomic E-state index is 13.6. The number of halogens is 1. The first kappa shape index (κ1) is 17.3. The number of aryl methyl sites for hydroxylation is 1. The summed E-state index contributed by atoms with van der Waals surface area (Å²) in [4.78, 5) is 29.6. The van der Waals surface area contributed by atoms with Gasteiger partial charge in [-0.1, -0.05) is 18.2 Å². The van der Waals surface area contributed by atoms with Crippen molar-refractivity contribution in [3.05, 3.63) is 76.3 Å². The summed E-state index contributed by atoms with van der Waals surface area (Å²) >= 11 is 0. The molecule has 1 amide bonds. The Labute approximate surface area is 156 Å². The van der Waals surface area contributed by atoms with Gasteiger partial charge in [0.2, 0.25) is 5.43 Å². The summed E-state index contributed by atoms with van der Waals surface area (Å²) in [5.41, 5.74) is 1.40. The molecule has 2 aromatic carbocycles. The predicted octanol–water partition coefficient (Wildman–Crippen LogP) is 2.64. The fraction of sp³-hybridized carbons (Fsp3) is 0.238. The van der Waals surface area contributed by atoms with Gasteiger partial charge in [0, 0.05) is 50.5 Å². The standard InChI is InChI=1S/C21H20FN3O2/c1-23-14-18(20(26)17-13-15(22)7-8-19(17)23)21(27)25-11-9-24(10-12-25)16-5-3-2-4-6-16/h2-8,13-14H,9-12H2,1H3. The number of benzene rings is 2. The van der Waals surface area contributed by atoms with Gasteiger partial charge in [0.05, 0.1) is 5.52 Å². The minimum atomic E-state index is -0.485. The number of hydrogen-bond donors (Lipinski definition) is 0. The fourth-order valence-electron chi connectivity index (χ4n) is 3.59. The van der Waals surface area contributed by atoms with Crippen LogP contribution in [-0.4, -0.2) is 41.6 Å². The highest BCUT2D eigenvalue weighted by Gasteiger charge is 2.25. The second-order valence-electron chi connectivity index (χ2n) is 6.76. The van der Waals surface area contributed by atoms with E-state index in [2.05, 4.69) is 4.90 Å². The molecule has 5 nitrogen and oxygen atoms in total. The molecule has 0 radical (unpaired) electrons. The third-order valence-corrected chi connectivity index (χ3v) is 5.07. The first-order valence-electron chi connectivity index (χ1n) is 8.93. The Hall–Kier alpha value is -3.15. The summed E-state index contributed by atoms with van der Waals surface area (Å²) in [6.07, 6.45) is 1.55. The molecule has 0 saturated carbocycles. The van der Waals surface area contributed by atoms with E-state index in [1.807, 2.05) is 30.3 Å². The fourth-order valence-corrected chi connectivity index (χ4v) is 3.59. The highest BCUT2D eigenvalue weighted by atomic mass is 19.1. The maximum absolute atomic E-state index is 13.6. The van der Waals surface area contributed by atoms with Crippen molar-refractivity contribution in [1.29, 1.82) is 0 Å². The van der Waals surface area contributed by atoms with Crippen molar-refractivity contribution in [2.75, 3.05) is 31.1 Å². The van der Waals surface area contributed by atoms with E-state index in [9.17, 15) is 14.0 Å². The smallest absolute Gasteiger partial charge is 0.259 e. The molecule has 1 fully saturated rings. The van der Waals surface area contributed by atoms with Crippen LogP contribution in [0.2, 0.25) is 0 Å². The summed E-state index contributed by atoms with van der Waals surface area (Å²) in [7, 11) is 1.75. The van der Waals surface area contributed by atoms with Crippen LogP contribution in [0.25, 0.3) is 10.9 Å². The normalized spacial score (nSPS) is 14.6. The number of carbonyl (C=O) groups excluding carboxylic acids is 1. The molecule has 0 spiro atoms. The highest BCUT2D eigenvalue weighted by Crippen LogP contribution is 2.17. The van der Waals surface area contributed by atoms with Crippen LogP contribution < -0.4 is 10.3 Å². The van der Waals surface area contributed by atoms with Gasteiger partial charge in [0.25, 0.3) is 5.91 Å². The molecular formula is C21H20FN3O2. The number of nitrogens with zero attached hydrogens (tertiary/aromatic N) is 3. The molecule has 1 aliphatic heterocycles. The van der Waals surface area contributed by atoms with E-state index >= 15 is 0 Å². The minimum absolute atomic E-state index is 0.0868. The van der Waals surface area contributed by atoms with Crippen molar-refractivity contribution in [3.63, 3.8) is 0 Å². The van der Waals surface area contributed by atoms with Gasteiger partial charge in [-0.05, 0) is 30.3 Å². The molecule has 0 N–H and O–H groups in total. The Morgan fingerprint density at radius 2 is 1.70 bits per heavy atom. The van der Waals surface area contributed by atoms with Crippen LogP contribution >= 0.6 is 0 Å². The summed E-state index contributed by atoms with van der Waals surface area (Å²) in [5.74, 6) is -0.782. The number of aromatic nitrogens is 1. The van der Waals surface area contributed by atoms with Crippen molar-refractivity contribution in [2.24, 2.45) is 7.05 Å². The molecule has 2 heterocycles. The molecule has 0 aliphatic carbocycles. The second-order valence-corrected chi connectivity index (χ2v) is 6.76. The van der Waals surface area contributed by atoms with E-state index in [4.69, 9.17) is 0 Å². The number of rotatable bonds is 2. The van der Waals surface area contributed by atoms with E-state index < -0.39 is 11.2 Å². The topological polar surface area (TPSA) is 45.6 Å². The zero-order valence-electron chi connectivity index (χ0n) is 15.1. The largest absolute Gasteiger partial charge is 0.368 e. The average Bonchev–Trinajstić information content (AvgIpc) is 2.71. The third kappa shape index (κ3) is 3.18. The molecule has 1 saturated heterocycles. The molecule has 0 atom stereocenters. The molecule has 1 aromatic heterocycles. The zero-order valence-corrected chi connectivity index (χ0v) is 15.1. The van der Waals surface area contributed by atoms with Gasteiger partial charge < -0.3 is 14.4 Å². The number of hydrogen-bond acceptors (Lipinski definition) is 3.